The van der Waals surface area contributed by atoms with Crippen LogP contribution in [-0.2, 0) is 18.9 Å². The Labute approximate surface area is 163 Å². The molecule has 0 saturated carbocycles. The first-order chi connectivity index (χ1) is 12.0. The third-order valence-electron chi connectivity index (χ3n) is 3.85. The molecule has 0 N–H and O–H groups in total. The van der Waals surface area contributed by atoms with Crippen molar-refractivity contribution in [1.29, 1.82) is 0 Å². The van der Waals surface area contributed by atoms with Gasteiger partial charge in [-0.05, 0) is 61.8 Å². The summed E-state index contributed by atoms with van der Waals surface area (Å²) in [4.78, 5) is 0. The van der Waals surface area contributed by atoms with Crippen LogP contribution < -0.4 is 0 Å². The Bertz CT molecular complexity index is 335. The quantitative estimate of drug-likeness (QED) is 0.258. The molecule has 0 bridgehead atoms. The molecule has 1 atom stereocenters. The summed E-state index contributed by atoms with van der Waals surface area (Å²) >= 11 is 0. The lowest BCUT2D eigenvalue weighted by molar-refractivity contribution is -0.443. The lowest BCUT2D eigenvalue weighted by Crippen LogP contribution is -2.56. The van der Waals surface area contributed by atoms with E-state index in [4.69, 9.17) is 18.9 Å². The van der Waals surface area contributed by atoms with Crippen LogP contribution >= 0.6 is 0 Å². The average molecular weight is 375 g/mol. The van der Waals surface area contributed by atoms with Crippen molar-refractivity contribution < 1.29 is 18.9 Å². The molecule has 0 aromatic carbocycles. The van der Waals surface area contributed by atoms with E-state index in [0.717, 1.165) is 12.8 Å². The molecule has 4 heteroatoms. The van der Waals surface area contributed by atoms with Gasteiger partial charge in [0.1, 0.15) is 6.10 Å². The van der Waals surface area contributed by atoms with Crippen molar-refractivity contribution in [2.75, 3.05) is 13.2 Å². The topological polar surface area (TPSA) is 36.9 Å². The van der Waals surface area contributed by atoms with Crippen LogP contribution in [0.1, 0.15) is 107 Å². The van der Waals surface area contributed by atoms with Gasteiger partial charge in [-0.25, -0.2) is 0 Å². The van der Waals surface area contributed by atoms with Crippen LogP contribution in [0.3, 0.4) is 0 Å². The highest BCUT2D eigenvalue weighted by molar-refractivity contribution is 4.79. The monoisotopic (exact) mass is 374 g/mol. The molecule has 0 spiro atoms. The maximum Gasteiger partial charge on any atom is 0.311 e. The summed E-state index contributed by atoms with van der Waals surface area (Å²) in [5, 5.41) is 0. The van der Waals surface area contributed by atoms with Crippen LogP contribution in [0.4, 0.5) is 0 Å². The van der Waals surface area contributed by atoms with Gasteiger partial charge in [-0.2, -0.15) is 0 Å². The van der Waals surface area contributed by atoms with E-state index < -0.39 is 11.6 Å². The zero-order valence-electron chi connectivity index (χ0n) is 19.1. The van der Waals surface area contributed by atoms with Gasteiger partial charge in [0.05, 0.1) is 11.2 Å². The molecular weight excluding hydrogens is 328 g/mol. The summed E-state index contributed by atoms with van der Waals surface area (Å²) in [6.07, 6.45) is 8.04. The smallest absolute Gasteiger partial charge is 0.311 e. The molecule has 26 heavy (non-hydrogen) atoms. The van der Waals surface area contributed by atoms with E-state index >= 15 is 0 Å². The highest BCUT2D eigenvalue weighted by Crippen LogP contribution is 2.34. The second kappa shape index (κ2) is 12.3. The molecule has 1 unspecified atom stereocenters. The Kier molecular flexibility index (Phi) is 12.3. The predicted octanol–water partition coefficient (Wildman–Crippen LogP) is 6.46. The summed E-state index contributed by atoms with van der Waals surface area (Å²) in [6, 6.07) is 0. The molecule has 0 aliphatic rings. The van der Waals surface area contributed by atoms with E-state index in [2.05, 4.69) is 27.7 Å². The summed E-state index contributed by atoms with van der Waals surface area (Å²) in [7, 11) is 0. The first-order valence-electron chi connectivity index (χ1n) is 10.7. The standard InChI is InChI=1S/C22H46O4/c1-10-13-14-15-16-17-18-19(25-20(4,5)6)22(23-11-2,24-12-3)26-21(7,8)9/h19H,10-18H2,1-9H3. The zero-order valence-corrected chi connectivity index (χ0v) is 19.1. The molecule has 158 valence electrons. The van der Waals surface area contributed by atoms with Crippen molar-refractivity contribution in [1.82, 2.24) is 0 Å². The molecule has 0 radical (unpaired) electrons. The average Bonchev–Trinajstić information content (AvgIpc) is 2.47. The summed E-state index contributed by atoms with van der Waals surface area (Å²) in [5.74, 6) is -1.17. The van der Waals surface area contributed by atoms with Gasteiger partial charge in [0.25, 0.3) is 0 Å². The van der Waals surface area contributed by atoms with Gasteiger partial charge in [-0.1, -0.05) is 45.4 Å². The summed E-state index contributed by atoms with van der Waals surface area (Å²) in [5.41, 5.74) is -0.696. The number of hydrogen-bond donors (Lipinski definition) is 0. The second-order valence-corrected chi connectivity index (χ2v) is 8.96. The van der Waals surface area contributed by atoms with Gasteiger partial charge in [-0.3, -0.25) is 0 Å². The summed E-state index contributed by atoms with van der Waals surface area (Å²) in [6.45, 7) is 19.5. The van der Waals surface area contributed by atoms with Crippen LogP contribution in [0.25, 0.3) is 0 Å². The maximum absolute atomic E-state index is 6.41. The van der Waals surface area contributed by atoms with Gasteiger partial charge in [0, 0.05) is 13.2 Å². The van der Waals surface area contributed by atoms with E-state index in [0.29, 0.717) is 13.2 Å². The number of hydrogen-bond acceptors (Lipinski definition) is 4. The molecule has 0 aliphatic heterocycles. The fraction of sp³-hybridized carbons (Fsp3) is 1.00. The first kappa shape index (κ1) is 25.8. The number of rotatable bonds is 14. The Hall–Kier alpha value is -0.160. The van der Waals surface area contributed by atoms with Crippen LogP contribution in [-0.4, -0.2) is 36.5 Å². The largest absolute Gasteiger partial charge is 0.364 e. The lowest BCUT2D eigenvalue weighted by atomic mass is 10.0. The summed E-state index contributed by atoms with van der Waals surface area (Å²) < 4.78 is 24.9. The molecule has 0 aromatic rings. The van der Waals surface area contributed by atoms with Crippen molar-refractivity contribution in [3.05, 3.63) is 0 Å². The molecule has 0 rings (SSSR count). The fourth-order valence-electron chi connectivity index (χ4n) is 3.03. The molecular formula is C22H46O4. The van der Waals surface area contributed by atoms with E-state index in [1.807, 2.05) is 34.6 Å². The maximum atomic E-state index is 6.41. The minimum atomic E-state index is -1.17. The third kappa shape index (κ3) is 11.5. The molecule has 0 amide bonds. The minimum Gasteiger partial charge on any atom is -0.364 e. The minimum absolute atomic E-state index is 0.271. The Morgan fingerprint density at radius 3 is 1.58 bits per heavy atom. The molecule has 4 nitrogen and oxygen atoms in total. The van der Waals surface area contributed by atoms with Crippen LogP contribution in [0.5, 0.6) is 0 Å². The molecule has 0 fully saturated rings. The Balaban J connectivity index is 5.28. The molecule has 0 heterocycles. The second-order valence-electron chi connectivity index (χ2n) is 8.96. The van der Waals surface area contributed by atoms with Crippen molar-refractivity contribution in [3.8, 4) is 0 Å². The Morgan fingerprint density at radius 1 is 0.654 bits per heavy atom. The van der Waals surface area contributed by atoms with Crippen LogP contribution in [0.2, 0.25) is 0 Å². The normalized spacial score (nSPS) is 14.7. The van der Waals surface area contributed by atoms with Crippen molar-refractivity contribution in [2.24, 2.45) is 0 Å². The first-order valence-corrected chi connectivity index (χ1v) is 10.7. The van der Waals surface area contributed by atoms with Crippen LogP contribution in [0.15, 0.2) is 0 Å². The lowest BCUT2D eigenvalue weighted by Gasteiger charge is -2.44. The molecule has 0 aliphatic carbocycles. The molecule has 0 saturated heterocycles. The van der Waals surface area contributed by atoms with Gasteiger partial charge in [-0.15, -0.1) is 0 Å². The van der Waals surface area contributed by atoms with Gasteiger partial charge in [0.2, 0.25) is 0 Å². The van der Waals surface area contributed by atoms with E-state index in [1.165, 1.54) is 32.1 Å². The predicted molar refractivity (Wildman–Crippen MR) is 109 cm³/mol. The van der Waals surface area contributed by atoms with Crippen molar-refractivity contribution >= 4 is 0 Å². The van der Waals surface area contributed by atoms with Crippen molar-refractivity contribution in [2.45, 2.75) is 131 Å². The van der Waals surface area contributed by atoms with Crippen molar-refractivity contribution in [3.63, 3.8) is 0 Å². The highest BCUT2D eigenvalue weighted by atomic mass is 16.9. The van der Waals surface area contributed by atoms with Gasteiger partial charge < -0.3 is 18.9 Å². The molecule has 0 aromatic heterocycles. The third-order valence-corrected chi connectivity index (χ3v) is 3.85. The van der Waals surface area contributed by atoms with E-state index in [9.17, 15) is 0 Å². The van der Waals surface area contributed by atoms with Gasteiger partial charge >= 0.3 is 5.97 Å². The van der Waals surface area contributed by atoms with E-state index in [-0.39, 0.29) is 11.7 Å². The highest BCUT2D eigenvalue weighted by Gasteiger charge is 2.47. The SMILES string of the molecule is CCCCCCCCC(OC(C)(C)C)C(OCC)(OCC)OC(C)(C)C. The number of unbranched alkanes of at least 4 members (excludes halogenated alkanes) is 5. The zero-order chi connectivity index (χ0) is 20.3. The van der Waals surface area contributed by atoms with Crippen LogP contribution in [0, 0.1) is 0 Å². The van der Waals surface area contributed by atoms with Gasteiger partial charge in [0.15, 0.2) is 0 Å². The number of ether oxygens (including phenoxy) is 4. The fourth-order valence-corrected chi connectivity index (χ4v) is 3.03. The van der Waals surface area contributed by atoms with E-state index in [1.54, 1.807) is 0 Å². The Morgan fingerprint density at radius 2 is 1.15 bits per heavy atom.